The highest BCUT2D eigenvalue weighted by molar-refractivity contribution is 7.92. The van der Waals surface area contributed by atoms with Crippen molar-refractivity contribution in [3.05, 3.63) is 83.4 Å². The number of para-hydroxylation sites is 1. The molecule has 1 amide bonds. The van der Waals surface area contributed by atoms with E-state index in [1.807, 2.05) is 6.92 Å². The Labute approximate surface area is 174 Å². The molecule has 0 aliphatic rings. The fraction of sp³-hybridized carbons (Fsp3) is 0.0952. The lowest BCUT2D eigenvalue weighted by Crippen LogP contribution is -2.20. The molecule has 0 aromatic heterocycles. The number of benzene rings is 3. The summed E-state index contributed by atoms with van der Waals surface area (Å²) in [6, 6.07) is 19.6. The van der Waals surface area contributed by atoms with Crippen LogP contribution in [0.15, 0.2) is 77.7 Å². The predicted molar refractivity (Wildman–Crippen MR) is 114 cm³/mol. The Bertz CT molecular complexity index is 1100. The van der Waals surface area contributed by atoms with Crippen molar-refractivity contribution in [1.29, 1.82) is 0 Å². The highest BCUT2D eigenvalue weighted by atomic mass is 35.5. The first-order valence-corrected chi connectivity index (χ1v) is 10.6. The van der Waals surface area contributed by atoms with Crippen molar-refractivity contribution in [2.45, 2.75) is 11.8 Å². The SMILES string of the molecule is Cc1cc(OCC(=O)Nc2ccc(S(=O)(=O)Nc3ccccc3)cc2)ccc1Cl. The Morgan fingerprint density at radius 2 is 1.66 bits per heavy atom. The summed E-state index contributed by atoms with van der Waals surface area (Å²) in [4.78, 5) is 12.2. The molecule has 3 aromatic carbocycles. The molecular weight excluding hydrogens is 412 g/mol. The van der Waals surface area contributed by atoms with Crippen LogP contribution in [0.25, 0.3) is 0 Å². The number of aryl methyl sites for hydroxylation is 1. The van der Waals surface area contributed by atoms with Gasteiger partial charge in [-0.25, -0.2) is 8.42 Å². The number of hydrogen-bond donors (Lipinski definition) is 2. The van der Waals surface area contributed by atoms with E-state index in [2.05, 4.69) is 10.0 Å². The van der Waals surface area contributed by atoms with E-state index in [1.165, 1.54) is 24.3 Å². The van der Waals surface area contributed by atoms with E-state index in [9.17, 15) is 13.2 Å². The fourth-order valence-corrected chi connectivity index (χ4v) is 3.67. The number of amides is 1. The smallest absolute Gasteiger partial charge is 0.262 e. The number of carbonyl (C=O) groups is 1. The monoisotopic (exact) mass is 430 g/mol. The number of halogens is 1. The van der Waals surface area contributed by atoms with Crippen LogP contribution < -0.4 is 14.8 Å². The Morgan fingerprint density at radius 3 is 2.31 bits per heavy atom. The zero-order valence-electron chi connectivity index (χ0n) is 15.6. The summed E-state index contributed by atoms with van der Waals surface area (Å²) in [7, 11) is -3.71. The minimum Gasteiger partial charge on any atom is -0.484 e. The average Bonchev–Trinajstić information content (AvgIpc) is 2.70. The summed E-state index contributed by atoms with van der Waals surface area (Å²) in [5.74, 6) is 0.172. The van der Waals surface area contributed by atoms with Gasteiger partial charge in [0.15, 0.2) is 6.61 Å². The molecule has 0 saturated carbocycles. The number of hydrogen-bond acceptors (Lipinski definition) is 4. The molecule has 0 fully saturated rings. The molecule has 0 heterocycles. The van der Waals surface area contributed by atoms with Gasteiger partial charge in [0.2, 0.25) is 0 Å². The normalized spacial score (nSPS) is 11.0. The van der Waals surface area contributed by atoms with Crippen molar-refractivity contribution in [2.75, 3.05) is 16.6 Å². The zero-order chi connectivity index (χ0) is 20.9. The van der Waals surface area contributed by atoms with Gasteiger partial charge in [0, 0.05) is 16.4 Å². The highest BCUT2D eigenvalue weighted by Crippen LogP contribution is 2.21. The second-order valence-electron chi connectivity index (χ2n) is 6.24. The van der Waals surface area contributed by atoms with Crippen molar-refractivity contribution in [3.8, 4) is 5.75 Å². The predicted octanol–water partition coefficient (Wildman–Crippen LogP) is 4.47. The van der Waals surface area contributed by atoms with Gasteiger partial charge in [-0.05, 0) is 67.1 Å². The first-order chi connectivity index (χ1) is 13.8. The molecule has 3 aromatic rings. The van der Waals surface area contributed by atoms with E-state index in [0.717, 1.165) is 5.56 Å². The standard InChI is InChI=1S/C21H19ClN2O4S/c1-15-13-18(9-12-20(15)22)28-14-21(25)23-16-7-10-19(11-8-16)29(26,27)24-17-5-3-2-4-6-17/h2-13,24H,14H2,1H3,(H,23,25). The van der Waals surface area contributed by atoms with Crippen LogP contribution in [0.4, 0.5) is 11.4 Å². The Morgan fingerprint density at radius 1 is 0.966 bits per heavy atom. The number of anilines is 2. The number of nitrogens with one attached hydrogen (secondary N) is 2. The Kier molecular flexibility index (Phi) is 6.41. The molecule has 2 N–H and O–H groups in total. The quantitative estimate of drug-likeness (QED) is 0.579. The molecule has 8 heteroatoms. The van der Waals surface area contributed by atoms with Gasteiger partial charge < -0.3 is 10.1 Å². The van der Waals surface area contributed by atoms with Gasteiger partial charge in [0.25, 0.3) is 15.9 Å². The Balaban J connectivity index is 1.58. The highest BCUT2D eigenvalue weighted by Gasteiger charge is 2.14. The fourth-order valence-electron chi connectivity index (χ4n) is 2.49. The zero-order valence-corrected chi connectivity index (χ0v) is 17.1. The van der Waals surface area contributed by atoms with E-state index in [4.69, 9.17) is 16.3 Å². The minimum atomic E-state index is -3.71. The molecule has 0 atom stereocenters. The van der Waals surface area contributed by atoms with Crippen LogP contribution in [0.5, 0.6) is 5.75 Å². The van der Waals surface area contributed by atoms with Gasteiger partial charge in [0.05, 0.1) is 4.90 Å². The number of ether oxygens (including phenoxy) is 1. The van der Waals surface area contributed by atoms with Crippen LogP contribution in [-0.4, -0.2) is 20.9 Å². The molecule has 0 bridgehead atoms. The summed E-state index contributed by atoms with van der Waals surface area (Å²) in [5.41, 5.74) is 1.79. The lowest BCUT2D eigenvalue weighted by molar-refractivity contribution is -0.118. The molecule has 29 heavy (non-hydrogen) atoms. The van der Waals surface area contributed by atoms with E-state index in [0.29, 0.717) is 22.1 Å². The van der Waals surface area contributed by atoms with Gasteiger partial charge in [0.1, 0.15) is 5.75 Å². The Hall–Kier alpha value is -3.03. The minimum absolute atomic E-state index is 0.0900. The third-order valence-corrected chi connectivity index (χ3v) is 5.79. The van der Waals surface area contributed by atoms with E-state index < -0.39 is 10.0 Å². The summed E-state index contributed by atoms with van der Waals surface area (Å²) >= 11 is 5.96. The summed E-state index contributed by atoms with van der Waals surface area (Å²) in [6.07, 6.45) is 0. The van der Waals surface area contributed by atoms with Crippen molar-refractivity contribution in [3.63, 3.8) is 0 Å². The van der Waals surface area contributed by atoms with Crippen molar-refractivity contribution in [2.24, 2.45) is 0 Å². The summed E-state index contributed by atoms with van der Waals surface area (Å²) in [5, 5.41) is 3.28. The maximum Gasteiger partial charge on any atom is 0.262 e. The molecule has 0 unspecified atom stereocenters. The topological polar surface area (TPSA) is 84.5 Å². The second kappa shape index (κ2) is 8.98. The largest absolute Gasteiger partial charge is 0.484 e. The van der Waals surface area contributed by atoms with Gasteiger partial charge >= 0.3 is 0 Å². The van der Waals surface area contributed by atoms with E-state index >= 15 is 0 Å². The summed E-state index contributed by atoms with van der Waals surface area (Å²) < 4.78 is 32.8. The molecule has 6 nitrogen and oxygen atoms in total. The van der Waals surface area contributed by atoms with Gasteiger partial charge in [-0.1, -0.05) is 29.8 Å². The lowest BCUT2D eigenvalue weighted by Gasteiger charge is -2.10. The van der Waals surface area contributed by atoms with Crippen molar-refractivity contribution in [1.82, 2.24) is 0 Å². The van der Waals surface area contributed by atoms with Crippen LogP contribution in [0.3, 0.4) is 0 Å². The molecule has 0 aliphatic heterocycles. The molecular formula is C21H19ClN2O4S. The van der Waals surface area contributed by atoms with Crippen LogP contribution >= 0.6 is 11.6 Å². The van der Waals surface area contributed by atoms with Crippen LogP contribution in [-0.2, 0) is 14.8 Å². The molecule has 0 spiro atoms. The number of sulfonamides is 1. The first-order valence-electron chi connectivity index (χ1n) is 8.70. The molecule has 150 valence electrons. The second-order valence-corrected chi connectivity index (χ2v) is 8.33. The van der Waals surface area contributed by atoms with E-state index in [-0.39, 0.29) is 17.4 Å². The van der Waals surface area contributed by atoms with Crippen molar-refractivity contribution < 1.29 is 17.9 Å². The molecule has 0 saturated heterocycles. The third kappa shape index (κ3) is 5.73. The third-order valence-electron chi connectivity index (χ3n) is 3.97. The summed E-state index contributed by atoms with van der Waals surface area (Å²) in [6.45, 7) is 1.66. The molecule has 0 radical (unpaired) electrons. The maximum absolute atomic E-state index is 12.4. The van der Waals surface area contributed by atoms with Crippen LogP contribution in [0, 0.1) is 6.92 Å². The van der Waals surface area contributed by atoms with Gasteiger partial charge in [-0.2, -0.15) is 0 Å². The van der Waals surface area contributed by atoms with Gasteiger partial charge in [-0.3, -0.25) is 9.52 Å². The number of carbonyl (C=O) groups excluding carboxylic acids is 1. The van der Waals surface area contributed by atoms with Crippen LogP contribution in [0.1, 0.15) is 5.56 Å². The number of rotatable bonds is 7. The van der Waals surface area contributed by atoms with E-state index in [1.54, 1.807) is 48.5 Å². The molecule has 0 aliphatic carbocycles. The maximum atomic E-state index is 12.4. The molecule has 3 rings (SSSR count). The van der Waals surface area contributed by atoms with Gasteiger partial charge in [-0.15, -0.1) is 0 Å². The lowest BCUT2D eigenvalue weighted by atomic mass is 10.2. The van der Waals surface area contributed by atoms with Crippen LogP contribution in [0.2, 0.25) is 5.02 Å². The first kappa shape index (κ1) is 20.7. The van der Waals surface area contributed by atoms with Crippen molar-refractivity contribution >= 4 is 38.9 Å². The average molecular weight is 431 g/mol.